The van der Waals surface area contributed by atoms with Crippen molar-refractivity contribution in [1.82, 2.24) is 5.32 Å². The molecule has 3 aromatic carbocycles. The molecule has 2 unspecified atom stereocenters. The number of aromatic hydroxyl groups is 1. The van der Waals surface area contributed by atoms with Crippen molar-refractivity contribution in [3.63, 3.8) is 0 Å². The second-order valence-corrected chi connectivity index (χ2v) is 7.87. The Bertz CT molecular complexity index is 1070. The van der Waals surface area contributed by atoms with Gasteiger partial charge in [0.1, 0.15) is 18.5 Å². The molecule has 0 spiro atoms. The van der Waals surface area contributed by atoms with Crippen molar-refractivity contribution in [1.29, 1.82) is 0 Å². The summed E-state index contributed by atoms with van der Waals surface area (Å²) in [5.41, 5.74) is 10.7. The number of aliphatic hydroxyl groups is 2. The second kappa shape index (κ2) is 9.30. The van der Waals surface area contributed by atoms with Gasteiger partial charge in [0.25, 0.3) is 0 Å². The lowest BCUT2D eigenvalue weighted by atomic mass is 9.98. The van der Waals surface area contributed by atoms with Crippen molar-refractivity contribution < 1.29 is 24.9 Å². The normalized spacial score (nSPS) is 14.3. The molecule has 3 aromatic rings. The quantitative estimate of drug-likeness (QED) is 0.287. The number of hydrogen-bond donors (Lipinski definition) is 5. The molecule has 2 atom stereocenters. The third-order valence-corrected chi connectivity index (χ3v) is 5.81. The Morgan fingerprint density at radius 3 is 2.25 bits per heavy atom. The maximum absolute atomic E-state index is 12.2. The molecule has 0 aromatic heterocycles. The molecular formula is C25H26N2O5. The Balaban J connectivity index is 1.28. The molecule has 0 saturated heterocycles. The van der Waals surface area contributed by atoms with Crippen LogP contribution in [0.3, 0.4) is 0 Å². The Morgan fingerprint density at radius 1 is 1.00 bits per heavy atom. The van der Waals surface area contributed by atoms with Gasteiger partial charge in [-0.25, -0.2) is 4.79 Å². The molecule has 0 saturated carbocycles. The zero-order valence-electron chi connectivity index (χ0n) is 17.4. The molecule has 6 N–H and O–H groups in total. The molecule has 1 amide bonds. The number of rotatable bonds is 7. The van der Waals surface area contributed by atoms with Crippen LogP contribution in [-0.4, -0.2) is 40.7 Å². The van der Waals surface area contributed by atoms with E-state index in [1.54, 1.807) is 0 Å². The second-order valence-electron chi connectivity index (χ2n) is 7.87. The number of nitrogens with two attached hydrogens (primary N) is 1. The zero-order valence-corrected chi connectivity index (χ0v) is 17.4. The van der Waals surface area contributed by atoms with Crippen LogP contribution >= 0.6 is 0 Å². The van der Waals surface area contributed by atoms with Gasteiger partial charge >= 0.3 is 6.09 Å². The summed E-state index contributed by atoms with van der Waals surface area (Å²) < 4.78 is 5.46. The number of ether oxygens (including phenoxy) is 1. The number of carbonyl (C=O) groups is 1. The van der Waals surface area contributed by atoms with Crippen LogP contribution < -0.4 is 11.1 Å². The van der Waals surface area contributed by atoms with E-state index in [-0.39, 0.29) is 36.9 Å². The third kappa shape index (κ3) is 4.39. The maximum atomic E-state index is 12.2. The van der Waals surface area contributed by atoms with Crippen LogP contribution in [-0.2, 0) is 4.74 Å². The van der Waals surface area contributed by atoms with Crippen molar-refractivity contribution in [2.24, 2.45) is 0 Å². The first-order chi connectivity index (χ1) is 15.5. The van der Waals surface area contributed by atoms with Gasteiger partial charge in [0, 0.05) is 12.5 Å². The zero-order chi connectivity index (χ0) is 22.7. The molecule has 4 rings (SSSR count). The number of carbonyl (C=O) groups excluding carboxylic acids is 1. The van der Waals surface area contributed by atoms with Crippen LogP contribution in [0.15, 0.2) is 66.7 Å². The number of alkyl carbamates (subject to hydrolysis) is 1. The number of aliphatic hydroxyl groups excluding tert-OH is 2. The van der Waals surface area contributed by atoms with Crippen LogP contribution in [0.2, 0.25) is 0 Å². The number of nitrogens with one attached hydrogen (secondary N) is 1. The summed E-state index contributed by atoms with van der Waals surface area (Å²) in [6, 6.07) is 20.4. The Labute approximate surface area is 186 Å². The topological polar surface area (TPSA) is 125 Å². The number of nitrogen functional groups attached to an aromatic ring is 1. The summed E-state index contributed by atoms with van der Waals surface area (Å²) >= 11 is 0. The van der Waals surface area contributed by atoms with Crippen LogP contribution in [0.25, 0.3) is 11.1 Å². The monoisotopic (exact) mass is 434 g/mol. The summed E-state index contributed by atoms with van der Waals surface area (Å²) in [5.74, 6) is -0.118. The van der Waals surface area contributed by atoms with Crippen LogP contribution in [0.1, 0.15) is 35.1 Å². The number of benzene rings is 3. The molecule has 7 nitrogen and oxygen atoms in total. The largest absolute Gasteiger partial charge is 0.506 e. The molecule has 7 heteroatoms. The molecule has 1 aliphatic carbocycles. The highest BCUT2D eigenvalue weighted by Crippen LogP contribution is 2.44. The van der Waals surface area contributed by atoms with Gasteiger partial charge in [0.05, 0.1) is 11.8 Å². The van der Waals surface area contributed by atoms with Gasteiger partial charge in [-0.3, -0.25) is 0 Å². The van der Waals surface area contributed by atoms with Crippen molar-refractivity contribution in [3.8, 4) is 16.9 Å². The van der Waals surface area contributed by atoms with Crippen molar-refractivity contribution >= 4 is 11.8 Å². The highest BCUT2D eigenvalue weighted by Gasteiger charge is 2.29. The summed E-state index contributed by atoms with van der Waals surface area (Å²) in [5, 5.41) is 32.6. The van der Waals surface area contributed by atoms with Gasteiger partial charge in [-0.15, -0.1) is 0 Å². The van der Waals surface area contributed by atoms with Gasteiger partial charge in [-0.1, -0.05) is 54.6 Å². The van der Waals surface area contributed by atoms with Gasteiger partial charge in [0.15, 0.2) is 0 Å². The predicted octanol–water partition coefficient (Wildman–Crippen LogP) is 3.30. The molecular weight excluding hydrogens is 408 g/mol. The minimum atomic E-state index is -1.19. The minimum Gasteiger partial charge on any atom is -0.506 e. The summed E-state index contributed by atoms with van der Waals surface area (Å²) in [7, 11) is 0. The summed E-state index contributed by atoms with van der Waals surface area (Å²) in [6.07, 6.45) is -2.77. The lowest BCUT2D eigenvalue weighted by molar-refractivity contribution is 0.0137. The maximum Gasteiger partial charge on any atom is 0.407 e. The van der Waals surface area contributed by atoms with Crippen molar-refractivity contribution in [2.75, 3.05) is 18.9 Å². The molecule has 0 radical (unpaired) electrons. The fourth-order valence-electron chi connectivity index (χ4n) is 4.11. The Hall–Kier alpha value is -3.55. The van der Waals surface area contributed by atoms with E-state index in [1.807, 2.05) is 24.3 Å². The number of hydrogen-bond acceptors (Lipinski definition) is 6. The molecule has 0 bridgehead atoms. The van der Waals surface area contributed by atoms with Crippen LogP contribution in [0.5, 0.6) is 5.75 Å². The predicted molar refractivity (Wildman–Crippen MR) is 121 cm³/mol. The van der Waals surface area contributed by atoms with E-state index in [9.17, 15) is 20.1 Å². The van der Waals surface area contributed by atoms with E-state index in [0.29, 0.717) is 5.56 Å². The van der Waals surface area contributed by atoms with Crippen molar-refractivity contribution in [3.05, 3.63) is 83.4 Å². The number of phenolic OH excluding ortho intramolecular Hbond substituents is 1. The van der Waals surface area contributed by atoms with E-state index in [0.717, 1.165) is 22.3 Å². The van der Waals surface area contributed by atoms with Gasteiger partial charge < -0.3 is 31.1 Å². The summed E-state index contributed by atoms with van der Waals surface area (Å²) in [6.45, 7) is 0.334. The number of phenols is 1. The Morgan fingerprint density at radius 2 is 1.62 bits per heavy atom. The lowest BCUT2D eigenvalue weighted by Gasteiger charge is -2.19. The lowest BCUT2D eigenvalue weighted by Crippen LogP contribution is -2.30. The van der Waals surface area contributed by atoms with Crippen LogP contribution in [0.4, 0.5) is 10.5 Å². The first kappa shape index (κ1) is 21.7. The molecule has 1 aliphatic rings. The minimum absolute atomic E-state index is 0.0273. The molecule has 166 valence electrons. The highest BCUT2D eigenvalue weighted by atomic mass is 16.5. The molecule has 0 fully saturated rings. The number of anilines is 1. The van der Waals surface area contributed by atoms with E-state index >= 15 is 0 Å². The van der Waals surface area contributed by atoms with Gasteiger partial charge in [-0.2, -0.15) is 0 Å². The average Bonchev–Trinajstić information content (AvgIpc) is 3.12. The van der Waals surface area contributed by atoms with Crippen LogP contribution in [0, 0.1) is 0 Å². The average molecular weight is 434 g/mol. The van der Waals surface area contributed by atoms with Gasteiger partial charge in [-0.05, 0) is 46.4 Å². The van der Waals surface area contributed by atoms with E-state index in [1.165, 1.54) is 18.2 Å². The van der Waals surface area contributed by atoms with E-state index < -0.39 is 18.3 Å². The third-order valence-electron chi connectivity index (χ3n) is 5.81. The SMILES string of the molecule is Nc1cc(C(O)C(O)CCNC(=O)OCC2c3ccccc3-c3ccccc32)ccc1O. The molecule has 0 aliphatic heterocycles. The Kier molecular flexibility index (Phi) is 6.30. The standard InChI is InChI=1S/C25H26N2O5/c26-21-13-15(9-10-22(21)28)24(30)23(29)11-12-27-25(31)32-14-20-18-7-3-1-5-16(18)17-6-2-4-8-19(17)20/h1-10,13,20,23-24,28-30H,11-12,14,26H2,(H,27,31). The number of fused-ring (bicyclic) bond motifs is 3. The highest BCUT2D eigenvalue weighted by molar-refractivity contribution is 5.79. The fourth-order valence-corrected chi connectivity index (χ4v) is 4.11. The first-order valence-corrected chi connectivity index (χ1v) is 10.5. The fraction of sp³-hybridized carbons (Fsp3) is 0.240. The molecule has 32 heavy (non-hydrogen) atoms. The first-order valence-electron chi connectivity index (χ1n) is 10.5. The van der Waals surface area contributed by atoms with E-state index in [2.05, 4.69) is 29.6 Å². The summed E-state index contributed by atoms with van der Waals surface area (Å²) in [4.78, 5) is 12.2. The molecule has 0 heterocycles. The van der Waals surface area contributed by atoms with Crippen molar-refractivity contribution in [2.45, 2.75) is 24.5 Å². The number of amides is 1. The van der Waals surface area contributed by atoms with E-state index in [4.69, 9.17) is 10.5 Å². The smallest absolute Gasteiger partial charge is 0.407 e. The van der Waals surface area contributed by atoms with Gasteiger partial charge in [0.2, 0.25) is 0 Å².